The van der Waals surface area contributed by atoms with E-state index < -0.39 is 6.04 Å². The summed E-state index contributed by atoms with van der Waals surface area (Å²) in [7, 11) is 1.69. The molecule has 1 amide bonds. The van der Waals surface area contributed by atoms with Gasteiger partial charge in [0, 0.05) is 7.05 Å². The van der Waals surface area contributed by atoms with Gasteiger partial charge in [-0.25, -0.2) is 0 Å². The number of hydrogen-bond acceptors (Lipinski definition) is 4. The van der Waals surface area contributed by atoms with E-state index in [1.807, 2.05) is 57.2 Å². The van der Waals surface area contributed by atoms with Gasteiger partial charge >= 0.3 is 0 Å². The van der Waals surface area contributed by atoms with Crippen LogP contribution in [-0.2, 0) is 0 Å². The summed E-state index contributed by atoms with van der Waals surface area (Å²) in [6, 6.07) is 10.7. The Balaban J connectivity index is 1.93. The topological polar surface area (TPSA) is 59.8 Å². The fraction of sp³-hybridized carbons (Fsp3) is 0.273. The molecule has 0 bridgehead atoms. The molecule has 1 atom stereocenters. The molecule has 1 aromatic heterocycles. The van der Waals surface area contributed by atoms with Crippen molar-refractivity contribution in [2.24, 2.45) is 0 Å². The standard InChI is InChI=1S/C22H21NO4/c1-5-26-15-8-6-14(7-9-15)19-18-20(24)16-10-12(2)13(3)11-17(16)27-21(18)22(25)23(19)4/h6-11,19H,5H2,1-4H3. The van der Waals surface area contributed by atoms with E-state index in [1.165, 1.54) is 0 Å². The summed E-state index contributed by atoms with van der Waals surface area (Å²) < 4.78 is 11.4. The van der Waals surface area contributed by atoms with Crippen molar-refractivity contribution in [2.45, 2.75) is 26.8 Å². The summed E-state index contributed by atoms with van der Waals surface area (Å²) in [5, 5.41) is 0.510. The molecule has 0 saturated heterocycles. The minimum absolute atomic E-state index is 0.136. The van der Waals surface area contributed by atoms with Gasteiger partial charge in [-0.15, -0.1) is 0 Å². The predicted octanol–water partition coefficient (Wildman–Crippen LogP) is 3.98. The van der Waals surface area contributed by atoms with Crippen molar-refractivity contribution >= 4 is 16.9 Å². The Morgan fingerprint density at radius 3 is 2.41 bits per heavy atom. The first-order chi connectivity index (χ1) is 12.9. The second-order valence-electron chi connectivity index (χ2n) is 6.93. The summed E-state index contributed by atoms with van der Waals surface area (Å²) in [5.74, 6) is 0.614. The van der Waals surface area contributed by atoms with Crippen molar-refractivity contribution in [2.75, 3.05) is 13.7 Å². The van der Waals surface area contributed by atoms with Gasteiger partial charge in [0.1, 0.15) is 11.3 Å². The predicted molar refractivity (Wildman–Crippen MR) is 104 cm³/mol. The van der Waals surface area contributed by atoms with Gasteiger partial charge in [0.25, 0.3) is 5.91 Å². The molecule has 2 heterocycles. The summed E-state index contributed by atoms with van der Waals surface area (Å²) in [4.78, 5) is 27.6. The quantitative estimate of drug-likeness (QED) is 0.706. The third kappa shape index (κ3) is 2.62. The lowest BCUT2D eigenvalue weighted by Gasteiger charge is -2.20. The summed E-state index contributed by atoms with van der Waals surface area (Å²) >= 11 is 0. The van der Waals surface area contributed by atoms with E-state index in [0.29, 0.717) is 23.1 Å². The average Bonchev–Trinajstić information content (AvgIpc) is 2.90. The molecule has 1 aliphatic rings. The molecule has 0 radical (unpaired) electrons. The van der Waals surface area contributed by atoms with Crippen LogP contribution in [0.25, 0.3) is 11.0 Å². The zero-order valence-electron chi connectivity index (χ0n) is 15.8. The molecular formula is C22H21NO4. The monoisotopic (exact) mass is 363 g/mol. The van der Waals surface area contributed by atoms with E-state index in [0.717, 1.165) is 22.4 Å². The average molecular weight is 363 g/mol. The summed E-state index contributed by atoms with van der Waals surface area (Å²) in [6.45, 7) is 6.42. The van der Waals surface area contributed by atoms with Gasteiger partial charge in [0.15, 0.2) is 5.43 Å². The molecule has 1 aliphatic heterocycles. The number of fused-ring (bicyclic) bond motifs is 2. The van der Waals surface area contributed by atoms with Crippen molar-refractivity contribution in [1.29, 1.82) is 0 Å². The smallest absolute Gasteiger partial charge is 0.290 e. The lowest BCUT2D eigenvalue weighted by Crippen LogP contribution is -2.25. The first kappa shape index (κ1) is 17.3. The van der Waals surface area contributed by atoms with Gasteiger partial charge in [0.2, 0.25) is 5.76 Å². The van der Waals surface area contributed by atoms with Crippen LogP contribution < -0.4 is 10.2 Å². The number of carbonyl (C=O) groups excluding carboxylic acids is 1. The molecular weight excluding hydrogens is 342 g/mol. The molecule has 1 unspecified atom stereocenters. The number of ether oxygens (including phenoxy) is 1. The zero-order chi connectivity index (χ0) is 19.3. The molecule has 4 rings (SSSR count). The van der Waals surface area contributed by atoms with Crippen molar-refractivity contribution in [3.63, 3.8) is 0 Å². The van der Waals surface area contributed by atoms with Crippen LogP contribution in [0.3, 0.4) is 0 Å². The Kier molecular flexibility index (Phi) is 4.02. The van der Waals surface area contributed by atoms with Crippen molar-refractivity contribution in [3.8, 4) is 5.75 Å². The highest BCUT2D eigenvalue weighted by molar-refractivity contribution is 5.99. The number of amides is 1. The summed E-state index contributed by atoms with van der Waals surface area (Å²) in [6.07, 6.45) is 0. The van der Waals surface area contributed by atoms with E-state index in [-0.39, 0.29) is 17.1 Å². The Hall–Kier alpha value is -3.08. The van der Waals surface area contributed by atoms with Crippen LogP contribution in [0.1, 0.15) is 45.8 Å². The lowest BCUT2D eigenvalue weighted by atomic mass is 9.97. The Morgan fingerprint density at radius 1 is 1.07 bits per heavy atom. The minimum atomic E-state index is -0.467. The third-order valence-corrected chi connectivity index (χ3v) is 5.22. The highest BCUT2D eigenvalue weighted by Crippen LogP contribution is 2.37. The largest absolute Gasteiger partial charge is 0.494 e. The fourth-order valence-corrected chi connectivity index (χ4v) is 3.65. The fourth-order valence-electron chi connectivity index (χ4n) is 3.65. The van der Waals surface area contributed by atoms with Crippen LogP contribution in [0, 0.1) is 13.8 Å². The molecule has 138 valence electrons. The number of rotatable bonds is 3. The first-order valence-corrected chi connectivity index (χ1v) is 9.00. The van der Waals surface area contributed by atoms with Crippen molar-refractivity contribution < 1.29 is 13.9 Å². The number of benzene rings is 2. The maximum atomic E-state index is 13.3. The van der Waals surface area contributed by atoms with E-state index >= 15 is 0 Å². The van der Waals surface area contributed by atoms with Crippen LogP contribution in [0.2, 0.25) is 0 Å². The molecule has 0 N–H and O–H groups in total. The normalized spacial score (nSPS) is 16.1. The highest BCUT2D eigenvalue weighted by Gasteiger charge is 2.40. The van der Waals surface area contributed by atoms with Gasteiger partial charge in [-0.05, 0) is 61.7 Å². The van der Waals surface area contributed by atoms with Crippen LogP contribution in [0.15, 0.2) is 45.6 Å². The number of carbonyl (C=O) groups is 1. The molecule has 2 aromatic carbocycles. The Bertz CT molecular complexity index is 1110. The SMILES string of the molecule is CCOc1ccc(C2c3c(oc4cc(C)c(C)cc4c3=O)C(=O)N2C)cc1. The van der Waals surface area contributed by atoms with Gasteiger partial charge in [0.05, 0.1) is 23.6 Å². The molecule has 27 heavy (non-hydrogen) atoms. The first-order valence-electron chi connectivity index (χ1n) is 9.00. The molecule has 0 spiro atoms. The Morgan fingerprint density at radius 2 is 1.74 bits per heavy atom. The second kappa shape index (κ2) is 6.27. The van der Waals surface area contributed by atoms with Gasteiger partial charge < -0.3 is 14.1 Å². The van der Waals surface area contributed by atoms with Crippen molar-refractivity contribution in [3.05, 3.63) is 74.6 Å². The van der Waals surface area contributed by atoms with Crippen LogP contribution in [0.5, 0.6) is 5.75 Å². The highest BCUT2D eigenvalue weighted by atomic mass is 16.5. The third-order valence-electron chi connectivity index (χ3n) is 5.22. The van der Waals surface area contributed by atoms with Gasteiger partial charge in [-0.2, -0.15) is 0 Å². The molecule has 0 saturated carbocycles. The van der Waals surface area contributed by atoms with Crippen LogP contribution in [-0.4, -0.2) is 24.5 Å². The molecule has 3 aromatic rings. The van der Waals surface area contributed by atoms with E-state index in [2.05, 4.69) is 0 Å². The molecule has 5 nitrogen and oxygen atoms in total. The van der Waals surface area contributed by atoms with Gasteiger partial charge in [-0.1, -0.05) is 12.1 Å². The number of hydrogen-bond donors (Lipinski definition) is 0. The van der Waals surface area contributed by atoms with Crippen LogP contribution in [0.4, 0.5) is 0 Å². The van der Waals surface area contributed by atoms with Crippen LogP contribution >= 0.6 is 0 Å². The zero-order valence-corrected chi connectivity index (χ0v) is 15.8. The second-order valence-corrected chi connectivity index (χ2v) is 6.93. The maximum absolute atomic E-state index is 13.3. The Labute approximate surface area is 157 Å². The van der Waals surface area contributed by atoms with Crippen molar-refractivity contribution in [1.82, 2.24) is 4.90 Å². The van der Waals surface area contributed by atoms with E-state index in [4.69, 9.17) is 9.15 Å². The van der Waals surface area contributed by atoms with E-state index in [9.17, 15) is 9.59 Å². The number of nitrogens with zero attached hydrogens (tertiary/aromatic N) is 1. The molecule has 0 fully saturated rings. The maximum Gasteiger partial charge on any atom is 0.290 e. The lowest BCUT2D eigenvalue weighted by molar-refractivity contribution is 0.0771. The molecule has 5 heteroatoms. The van der Waals surface area contributed by atoms with E-state index in [1.54, 1.807) is 11.9 Å². The summed E-state index contributed by atoms with van der Waals surface area (Å²) in [5.41, 5.74) is 3.60. The van der Waals surface area contributed by atoms with Gasteiger partial charge in [-0.3, -0.25) is 9.59 Å². The number of aryl methyl sites for hydroxylation is 2. The minimum Gasteiger partial charge on any atom is -0.494 e. The molecule has 0 aliphatic carbocycles.